The Hall–Kier alpha value is -4.53. The number of hydrogen-bond donors (Lipinski definition) is 3. The minimum atomic E-state index is -0.400. The Balaban J connectivity index is 1.16. The van der Waals surface area contributed by atoms with E-state index in [1.54, 1.807) is 19.2 Å². The summed E-state index contributed by atoms with van der Waals surface area (Å²) in [7, 11) is 0. The Morgan fingerprint density at radius 1 is 1.25 bits per heavy atom. The highest BCUT2D eigenvalue weighted by atomic mass is 32.1. The number of fused-ring (bicyclic) bond motifs is 2. The Bertz CT molecular complexity index is 1760. The van der Waals surface area contributed by atoms with Crippen LogP contribution in [0, 0.1) is 17.7 Å². The molecule has 9 nitrogen and oxygen atoms in total. The average Bonchev–Trinajstić information content (AvgIpc) is 3.67. The molecule has 1 aliphatic heterocycles. The summed E-state index contributed by atoms with van der Waals surface area (Å²) in [5.41, 5.74) is 3.49. The van der Waals surface area contributed by atoms with Gasteiger partial charge in [0.1, 0.15) is 12.1 Å². The van der Waals surface area contributed by atoms with Gasteiger partial charge in [0.2, 0.25) is 0 Å². The van der Waals surface area contributed by atoms with Crippen LogP contribution in [0.25, 0.3) is 21.1 Å². The van der Waals surface area contributed by atoms with E-state index in [1.807, 2.05) is 35.0 Å². The summed E-state index contributed by atoms with van der Waals surface area (Å²) >= 11 is 1.53. The average molecular weight is 556 g/mol. The normalized spacial score (nSPS) is 16.6. The molecule has 0 saturated carbocycles. The van der Waals surface area contributed by atoms with Crippen molar-refractivity contribution >= 4 is 50.1 Å². The van der Waals surface area contributed by atoms with Gasteiger partial charge in [-0.2, -0.15) is 5.10 Å². The molecule has 2 aromatic carbocycles. The van der Waals surface area contributed by atoms with Gasteiger partial charge in [-0.05, 0) is 55.3 Å². The Kier molecular flexibility index (Phi) is 7.27. The van der Waals surface area contributed by atoms with Crippen LogP contribution in [0.15, 0.2) is 61.1 Å². The second-order valence-electron chi connectivity index (χ2n) is 9.41. The Morgan fingerprint density at radius 2 is 2.17 bits per heavy atom. The molecule has 0 aliphatic carbocycles. The largest absolute Gasteiger partial charge is 0.450 e. The van der Waals surface area contributed by atoms with Crippen LogP contribution >= 0.6 is 11.3 Å². The number of anilines is 2. The minimum Gasteiger partial charge on any atom is -0.450 e. The molecule has 1 amide bonds. The van der Waals surface area contributed by atoms with Crippen molar-refractivity contribution in [2.75, 3.05) is 18.5 Å². The van der Waals surface area contributed by atoms with Crippen LogP contribution in [0.4, 0.5) is 20.7 Å². The molecule has 1 saturated heterocycles. The van der Waals surface area contributed by atoms with Crippen LogP contribution < -0.4 is 16.0 Å². The van der Waals surface area contributed by atoms with Crippen molar-refractivity contribution in [3.63, 3.8) is 0 Å². The molecule has 6 rings (SSSR count). The number of ether oxygens (including phenoxy) is 1. The van der Waals surface area contributed by atoms with Gasteiger partial charge in [-0.15, -0.1) is 11.3 Å². The smallest absolute Gasteiger partial charge is 0.407 e. The second-order valence-corrected chi connectivity index (χ2v) is 10.5. The summed E-state index contributed by atoms with van der Waals surface area (Å²) in [5.74, 6) is 6.96. The van der Waals surface area contributed by atoms with Crippen molar-refractivity contribution in [3.05, 3.63) is 77.3 Å². The SMILES string of the molecule is CCOC(=O)N[C@H]1CN[C@H](C#Cc2cc3ncnc(Nc4ccc5c(cnn5Cc5cccc(F)c5)c4)c3s2)C1. The van der Waals surface area contributed by atoms with E-state index < -0.39 is 6.09 Å². The maximum absolute atomic E-state index is 13.6. The number of benzene rings is 2. The van der Waals surface area contributed by atoms with E-state index in [4.69, 9.17) is 4.74 Å². The summed E-state index contributed by atoms with van der Waals surface area (Å²) in [4.78, 5) is 21.4. The van der Waals surface area contributed by atoms with E-state index in [9.17, 15) is 9.18 Å². The maximum atomic E-state index is 13.6. The van der Waals surface area contributed by atoms with Crippen molar-refractivity contribution in [1.82, 2.24) is 30.4 Å². The van der Waals surface area contributed by atoms with Crippen molar-refractivity contribution < 1.29 is 13.9 Å². The van der Waals surface area contributed by atoms with Gasteiger partial charge in [0, 0.05) is 23.7 Å². The lowest BCUT2D eigenvalue weighted by molar-refractivity contribution is 0.148. The molecular formula is C29H26FN7O2S. The number of nitrogens with one attached hydrogen (secondary N) is 3. The molecule has 1 aliphatic rings. The zero-order valence-electron chi connectivity index (χ0n) is 21.6. The fourth-order valence-electron chi connectivity index (χ4n) is 4.69. The summed E-state index contributed by atoms with van der Waals surface area (Å²) < 4.78 is 21.3. The third kappa shape index (κ3) is 5.73. The quantitative estimate of drug-likeness (QED) is 0.259. The molecule has 11 heteroatoms. The van der Waals surface area contributed by atoms with E-state index in [-0.39, 0.29) is 17.9 Å². The molecule has 0 unspecified atom stereocenters. The predicted octanol–water partition coefficient (Wildman–Crippen LogP) is 4.80. The zero-order valence-corrected chi connectivity index (χ0v) is 22.5. The first-order chi connectivity index (χ1) is 19.5. The molecule has 4 heterocycles. The molecule has 202 valence electrons. The third-order valence-electron chi connectivity index (χ3n) is 6.54. The van der Waals surface area contributed by atoms with Crippen LogP contribution in [0.1, 0.15) is 23.8 Å². The number of carbonyl (C=O) groups is 1. The summed E-state index contributed by atoms with van der Waals surface area (Å²) in [5, 5.41) is 15.1. The van der Waals surface area contributed by atoms with Gasteiger partial charge in [-0.1, -0.05) is 24.0 Å². The maximum Gasteiger partial charge on any atom is 0.407 e. The molecular weight excluding hydrogens is 529 g/mol. The van der Waals surface area contributed by atoms with Gasteiger partial charge in [0.15, 0.2) is 5.82 Å². The van der Waals surface area contributed by atoms with E-state index >= 15 is 0 Å². The van der Waals surface area contributed by atoms with E-state index in [0.717, 1.165) is 37.2 Å². The highest BCUT2D eigenvalue weighted by molar-refractivity contribution is 7.20. The summed E-state index contributed by atoms with van der Waals surface area (Å²) in [6.07, 6.45) is 3.65. The van der Waals surface area contributed by atoms with E-state index in [2.05, 4.69) is 42.9 Å². The molecule has 5 aromatic rings. The second kappa shape index (κ2) is 11.3. The topological polar surface area (TPSA) is 106 Å². The Morgan fingerprint density at radius 3 is 3.05 bits per heavy atom. The first kappa shape index (κ1) is 25.7. The van der Waals surface area contributed by atoms with Gasteiger partial charge in [-0.3, -0.25) is 4.68 Å². The van der Waals surface area contributed by atoms with Crippen LogP contribution in [0.5, 0.6) is 0 Å². The summed E-state index contributed by atoms with van der Waals surface area (Å²) in [6, 6.07) is 14.5. The fourth-order valence-corrected chi connectivity index (χ4v) is 5.61. The van der Waals surface area contributed by atoms with Gasteiger partial charge >= 0.3 is 6.09 Å². The van der Waals surface area contributed by atoms with Gasteiger partial charge in [-0.25, -0.2) is 19.2 Å². The molecule has 1 fully saturated rings. The lowest BCUT2D eigenvalue weighted by Gasteiger charge is -2.10. The lowest BCUT2D eigenvalue weighted by atomic mass is 10.2. The fraction of sp³-hybridized carbons (Fsp3) is 0.241. The Labute approximate surface area is 233 Å². The van der Waals surface area contributed by atoms with Crippen LogP contribution in [0.3, 0.4) is 0 Å². The molecule has 3 aromatic heterocycles. The van der Waals surface area contributed by atoms with E-state index in [1.165, 1.54) is 29.8 Å². The number of alkyl carbamates (subject to hydrolysis) is 1. The van der Waals surface area contributed by atoms with Gasteiger partial charge in [0.25, 0.3) is 0 Å². The highest BCUT2D eigenvalue weighted by Crippen LogP contribution is 2.31. The molecule has 2 atom stereocenters. The number of nitrogens with zero attached hydrogens (tertiary/aromatic N) is 4. The van der Waals surface area contributed by atoms with Crippen molar-refractivity contribution in [2.24, 2.45) is 0 Å². The standard InChI is InChI=1S/C29H26FN7O2S/c1-2-39-29(38)36-23-12-21(31-15-23)6-8-24-13-25-27(40-24)28(33-17-32-25)35-22-7-9-26-19(11-22)14-34-37(26)16-18-4-3-5-20(30)10-18/h3-5,7,9-11,13-14,17,21,23,31H,2,12,15-16H2,1H3,(H,36,38)(H,32,33,35)/t21-,23-/m1/s1. The first-order valence-electron chi connectivity index (χ1n) is 12.9. The minimum absolute atomic E-state index is 0.00629. The van der Waals surface area contributed by atoms with Crippen molar-refractivity contribution in [2.45, 2.75) is 32.0 Å². The molecule has 0 spiro atoms. The molecule has 0 bridgehead atoms. The van der Waals surface area contributed by atoms with Crippen LogP contribution in [-0.4, -0.2) is 51.1 Å². The zero-order chi connectivity index (χ0) is 27.5. The summed E-state index contributed by atoms with van der Waals surface area (Å²) in [6.45, 7) is 3.26. The van der Waals surface area contributed by atoms with Crippen molar-refractivity contribution in [1.29, 1.82) is 0 Å². The predicted molar refractivity (Wildman–Crippen MR) is 153 cm³/mol. The molecule has 40 heavy (non-hydrogen) atoms. The number of rotatable bonds is 6. The number of thiophene rings is 1. The van der Waals surface area contributed by atoms with Gasteiger partial charge < -0.3 is 20.7 Å². The number of halogens is 1. The number of hydrogen-bond acceptors (Lipinski definition) is 8. The van der Waals surface area contributed by atoms with Crippen molar-refractivity contribution in [3.8, 4) is 11.8 Å². The molecule has 0 radical (unpaired) electrons. The lowest BCUT2D eigenvalue weighted by Crippen LogP contribution is -2.36. The monoisotopic (exact) mass is 555 g/mol. The number of aromatic nitrogens is 4. The van der Waals surface area contributed by atoms with Crippen LogP contribution in [-0.2, 0) is 11.3 Å². The van der Waals surface area contributed by atoms with E-state index in [0.29, 0.717) is 31.9 Å². The first-order valence-corrected chi connectivity index (χ1v) is 13.8. The van der Waals surface area contributed by atoms with Gasteiger partial charge in [0.05, 0.1) is 46.0 Å². The molecule has 3 N–H and O–H groups in total. The number of amides is 1. The third-order valence-corrected chi connectivity index (χ3v) is 7.58. The highest BCUT2D eigenvalue weighted by Gasteiger charge is 2.24. The van der Waals surface area contributed by atoms with Crippen LogP contribution in [0.2, 0.25) is 0 Å². The number of carbonyl (C=O) groups excluding carboxylic acids is 1.